The number of nitrogens with zero attached hydrogens (tertiary/aromatic N) is 2. The van der Waals surface area contributed by atoms with Crippen molar-refractivity contribution in [2.45, 2.75) is 39.7 Å². The number of nitrogens with one attached hydrogen (secondary N) is 2. The first-order chi connectivity index (χ1) is 9.67. The maximum absolute atomic E-state index is 5.53. The van der Waals surface area contributed by atoms with Crippen LogP contribution >= 0.6 is 11.3 Å². The lowest BCUT2D eigenvalue weighted by atomic mass is 10.0. The molecule has 0 saturated heterocycles. The van der Waals surface area contributed by atoms with Crippen molar-refractivity contribution >= 4 is 23.0 Å². The summed E-state index contributed by atoms with van der Waals surface area (Å²) in [5, 5.41) is 5.54. The summed E-state index contributed by atoms with van der Waals surface area (Å²) >= 11 is 1.77. The van der Waals surface area contributed by atoms with Crippen molar-refractivity contribution in [3.05, 3.63) is 33.8 Å². The van der Waals surface area contributed by atoms with Crippen LogP contribution in [0.1, 0.15) is 42.7 Å². The third-order valence-electron chi connectivity index (χ3n) is 3.23. The minimum absolute atomic E-state index is 0.290. The molecular formula is C14H21N5S. The van der Waals surface area contributed by atoms with Crippen LogP contribution in [0.25, 0.3) is 0 Å². The molecule has 0 aliphatic carbocycles. The van der Waals surface area contributed by atoms with Crippen LogP contribution in [-0.2, 0) is 13.0 Å². The van der Waals surface area contributed by atoms with Crippen LogP contribution in [0.15, 0.2) is 17.8 Å². The molecule has 2 heterocycles. The predicted octanol–water partition coefficient (Wildman–Crippen LogP) is 3.12. The highest BCUT2D eigenvalue weighted by atomic mass is 32.1. The Bertz CT molecular complexity index is 564. The Balaban J connectivity index is 2.21. The van der Waals surface area contributed by atoms with E-state index in [9.17, 15) is 0 Å². The molecule has 0 amide bonds. The lowest BCUT2D eigenvalue weighted by Gasteiger charge is -2.16. The first-order valence-corrected chi connectivity index (χ1v) is 7.65. The van der Waals surface area contributed by atoms with E-state index >= 15 is 0 Å². The number of hydrogen-bond acceptors (Lipinski definition) is 6. The third kappa shape index (κ3) is 3.08. The van der Waals surface area contributed by atoms with Gasteiger partial charge in [0.15, 0.2) is 0 Å². The number of aryl methyl sites for hydroxylation is 1. The Morgan fingerprint density at radius 3 is 2.70 bits per heavy atom. The second-order valence-electron chi connectivity index (χ2n) is 4.86. The van der Waals surface area contributed by atoms with Gasteiger partial charge in [-0.05, 0) is 29.3 Å². The Labute approximate surface area is 123 Å². The molecule has 0 fully saturated rings. The van der Waals surface area contributed by atoms with Crippen LogP contribution < -0.4 is 16.6 Å². The van der Waals surface area contributed by atoms with E-state index in [1.165, 1.54) is 16.8 Å². The largest absolute Gasteiger partial charge is 0.365 e. The van der Waals surface area contributed by atoms with Gasteiger partial charge >= 0.3 is 0 Å². The van der Waals surface area contributed by atoms with Crippen LogP contribution in [-0.4, -0.2) is 9.97 Å². The molecule has 0 aliphatic heterocycles. The highest BCUT2D eigenvalue weighted by Crippen LogP contribution is 2.28. The van der Waals surface area contributed by atoms with E-state index in [0.717, 1.165) is 24.3 Å². The SMILES string of the molecule is CCc1ccsc1CNc1ncnc(NN)c1C(C)C. The van der Waals surface area contributed by atoms with Gasteiger partial charge in [0.2, 0.25) is 0 Å². The molecule has 0 saturated carbocycles. The van der Waals surface area contributed by atoms with Crippen LogP contribution in [0.2, 0.25) is 0 Å². The smallest absolute Gasteiger partial charge is 0.148 e. The fourth-order valence-electron chi connectivity index (χ4n) is 2.20. The second kappa shape index (κ2) is 6.67. The lowest BCUT2D eigenvalue weighted by Crippen LogP contribution is -2.15. The van der Waals surface area contributed by atoms with Crippen LogP contribution in [0.4, 0.5) is 11.6 Å². The van der Waals surface area contributed by atoms with Gasteiger partial charge in [0, 0.05) is 10.4 Å². The summed E-state index contributed by atoms with van der Waals surface area (Å²) in [6.45, 7) is 7.16. The van der Waals surface area contributed by atoms with Gasteiger partial charge in [-0.15, -0.1) is 11.3 Å². The molecule has 0 spiro atoms. The average Bonchev–Trinajstić information content (AvgIpc) is 2.91. The molecule has 5 nitrogen and oxygen atoms in total. The van der Waals surface area contributed by atoms with Gasteiger partial charge in [0.05, 0.1) is 6.54 Å². The van der Waals surface area contributed by atoms with Gasteiger partial charge in [-0.3, -0.25) is 0 Å². The summed E-state index contributed by atoms with van der Waals surface area (Å²) in [5.74, 6) is 7.34. The monoisotopic (exact) mass is 291 g/mol. The highest BCUT2D eigenvalue weighted by molar-refractivity contribution is 7.10. The molecule has 20 heavy (non-hydrogen) atoms. The topological polar surface area (TPSA) is 75.9 Å². The Kier molecular flexibility index (Phi) is 4.92. The Hall–Kier alpha value is -1.66. The standard InChI is InChI=1S/C14H21N5S/c1-4-10-5-6-20-11(10)7-16-13-12(9(2)3)14(19-15)18-8-17-13/h5-6,8-9H,4,7,15H2,1-3H3,(H2,16,17,18,19). The van der Waals surface area contributed by atoms with E-state index < -0.39 is 0 Å². The molecular weight excluding hydrogens is 270 g/mol. The van der Waals surface area contributed by atoms with Crippen molar-refractivity contribution in [2.24, 2.45) is 5.84 Å². The van der Waals surface area contributed by atoms with Gasteiger partial charge < -0.3 is 10.7 Å². The van der Waals surface area contributed by atoms with E-state index in [1.807, 2.05) is 0 Å². The van der Waals surface area contributed by atoms with E-state index in [-0.39, 0.29) is 0 Å². The molecule has 0 atom stereocenters. The van der Waals surface area contributed by atoms with E-state index in [1.54, 1.807) is 11.3 Å². The molecule has 2 aromatic heterocycles. The fourth-order valence-corrected chi connectivity index (χ4v) is 3.12. The zero-order valence-corrected chi connectivity index (χ0v) is 12.9. The summed E-state index contributed by atoms with van der Waals surface area (Å²) in [4.78, 5) is 9.87. The van der Waals surface area contributed by atoms with E-state index in [4.69, 9.17) is 5.84 Å². The number of nitrogen functional groups attached to an aromatic ring is 1. The lowest BCUT2D eigenvalue weighted by molar-refractivity contribution is 0.845. The number of aromatic nitrogens is 2. The molecule has 108 valence electrons. The first kappa shape index (κ1) is 14.7. The predicted molar refractivity (Wildman–Crippen MR) is 85.0 cm³/mol. The Morgan fingerprint density at radius 2 is 2.05 bits per heavy atom. The summed E-state index contributed by atoms with van der Waals surface area (Å²) in [6.07, 6.45) is 2.58. The minimum atomic E-state index is 0.290. The van der Waals surface area contributed by atoms with Gasteiger partial charge in [0.25, 0.3) is 0 Å². The van der Waals surface area contributed by atoms with Gasteiger partial charge in [0.1, 0.15) is 18.0 Å². The number of nitrogens with two attached hydrogens (primary N) is 1. The summed E-state index contributed by atoms with van der Waals surface area (Å²) in [7, 11) is 0. The number of thiophene rings is 1. The zero-order valence-electron chi connectivity index (χ0n) is 12.1. The molecule has 0 unspecified atom stereocenters. The third-order valence-corrected chi connectivity index (χ3v) is 4.20. The molecule has 0 aliphatic rings. The van der Waals surface area contributed by atoms with Crippen molar-refractivity contribution < 1.29 is 0 Å². The van der Waals surface area contributed by atoms with Crippen molar-refractivity contribution in [1.29, 1.82) is 0 Å². The summed E-state index contributed by atoms with van der Waals surface area (Å²) in [6, 6.07) is 2.18. The molecule has 2 rings (SSSR count). The van der Waals surface area contributed by atoms with Crippen molar-refractivity contribution in [1.82, 2.24) is 9.97 Å². The molecule has 0 radical (unpaired) electrons. The van der Waals surface area contributed by atoms with Crippen LogP contribution in [0.3, 0.4) is 0 Å². The molecule has 4 N–H and O–H groups in total. The van der Waals surface area contributed by atoms with Gasteiger partial charge in [-0.2, -0.15) is 0 Å². The van der Waals surface area contributed by atoms with Gasteiger partial charge in [-0.25, -0.2) is 15.8 Å². The zero-order chi connectivity index (χ0) is 14.5. The Morgan fingerprint density at radius 1 is 1.30 bits per heavy atom. The maximum Gasteiger partial charge on any atom is 0.148 e. The fraction of sp³-hybridized carbons (Fsp3) is 0.429. The normalized spacial score (nSPS) is 10.8. The van der Waals surface area contributed by atoms with Crippen molar-refractivity contribution in [3.8, 4) is 0 Å². The van der Waals surface area contributed by atoms with Crippen molar-refractivity contribution in [2.75, 3.05) is 10.7 Å². The molecule has 0 aromatic carbocycles. The summed E-state index contributed by atoms with van der Waals surface area (Å²) in [5.41, 5.74) is 5.05. The quantitative estimate of drug-likeness (QED) is 0.563. The second-order valence-corrected chi connectivity index (χ2v) is 5.86. The minimum Gasteiger partial charge on any atom is -0.365 e. The number of hydrazine groups is 1. The average molecular weight is 291 g/mol. The molecule has 0 bridgehead atoms. The molecule has 6 heteroatoms. The van der Waals surface area contributed by atoms with Gasteiger partial charge in [-0.1, -0.05) is 20.8 Å². The number of hydrogen-bond donors (Lipinski definition) is 3. The molecule has 2 aromatic rings. The highest BCUT2D eigenvalue weighted by Gasteiger charge is 2.14. The van der Waals surface area contributed by atoms with Crippen LogP contribution in [0.5, 0.6) is 0 Å². The van der Waals surface area contributed by atoms with Crippen molar-refractivity contribution in [3.63, 3.8) is 0 Å². The van der Waals surface area contributed by atoms with E-state index in [0.29, 0.717) is 11.7 Å². The summed E-state index contributed by atoms with van der Waals surface area (Å²) < 4.78 is 0. The number of anilines is 2. The number of rotatable bonds is 6. The maximum atomic E-state index is 5.53. The van der Waals surface area contributed by atoms with E-state index in [2.05, 4.69) is 52.9 Å². The van der Waals surface area contributed by atoms with Crippen LogP contribution in [0, 0.1) is 0 Å². The first-order valence-electron chi connectivity index (χ1n) is 6.78.